The quantitative estimate of drug-likeness (QED) is 0.266. The van der Waals surface area contributed by atoms with Crippen molar-refractivity contribution in [1.29, 1.82) is 0 Å². The van der Waals surface area contributed by atoms with E-state index in [1.165, 1.54) is 0 Å². The average Bonchev–Trinajstić information content (AvgIpc) is 3.62. The normalized spacial score (nSPS) is 15.6. The van der Waals surface area contributed by atoms with E-state index in [-0.39, 0.29) is 11.8 Å². The minimum Gasteiger partial charge on any atom is -0.350 e. The summed E-state index contributed by atoms with van der Waals surface area (Å²) in [5.41, 5.74) is 9.78. The molecule has 0 radical (unpaired) electrons. The number of rotatable bonds is 6. The van der Waals surface area contributed by atoms with E-state index in [2.05, 4.69) is 15.8 Å². The number of amides is 3. The van der Waals surface area contributed by atoms with E-state index in [0.717, 1.165) is 32.9 Å². The molecule has 0 saturated carbocycles. The summed E-state index contributed by atoms with van der Waals surface area (Å²) in [5.74, 6) is -0.986. The van der Waals surface area contributed by atoms with Gasteiger partial charge in [0, 0.05) is 46.2 Å². The molecule has 2 unspecified atom stereocenters. The van der Waals surface area contributed by atoms with Gasteiger partial charge in [0.25, 0.3) is 17.7 Å². The zero-order valence-corrected chi connectivity index (χ0v) is 22.6. The fourth-order valence-electron chi connectivity index (χ4n) is 5.82. The van der Waals surface area contributed by atoms with E-state index >= 15 is 0 Å². The molecule has 3 N–H and O–H groups in total. The number of hydrogen-bond donors (Lipinski definition) is 3. The van der Waals surface area contributed by atoms with Gasteiger partial charge in [-0.1, -0.05) is 68.4 Å². The van der Waals surface area contributed by atoms with Crippen molar-refractivity contribution in [2.24, 2.45) is 13.0 Å². The Morgan fingerprint density at radius 1 is 0.925 bits per heavy atom. The number of aromatic nitrogens is 2. The van der Waals surface area contributed by atoms with Gasteiger partial charge in [0.05, 0.1) is 6.04 Å². The highest BCUT2D eigenvalue weighted by Crippen LogP contribution is 2.43. The first-order chi connectivity index (χ1) is 19.3. The number of carbonyl (C=O) groups is 3. The van der Waals surface area contributed by atoms with Gasteiger partial charge in [-0.25, -0.2) is 0 Å². The molecular formula is C32H31N5O3. The number of para-hydroxylation sites is 2. The van der Waals surface area contributed by atoms with Crippen molar-refractivity contribution in [3.63, 3.8) is 0 Å². The van der Waals surface area contributed by atoms with Crippen LogP contribution in [0.4, 0.5) is 0 Å². The molecular weight excluding hydrogens is 502 g/mol. The second-order valence-corrected chi connectivity index (χ2v) is 10.8. The van der Waals surface area contributed by atoms with Crippen LogP contribution in [0.3, 0.4) is 0 Å². The topological polar surface area (TPSA) is 99.2 Å². The lowest BCUT2D eigenvalue weighted by atomic mass is 9.95. The summed E-state index contributed by atoms with van der Waals surface area (Å²) < 4.78 is 2.05. The SMILES string of the molecule is CC(C)CC(C(=O)NNC(=O)c1cc2ccccc2[nH]1)N1C(=O)c2ccccc2C1c1cn(C)c2ccccc12. The third-order valence-electron chi connectivity index (χ3n) is 7.63. The monoisotopic (exact) mass is 533 g/mol. The lowest BCUT2D eigenvalue weighted by Gasteiger charge is -2.33. The molecule has 3 aromatic carbocycles. The van der Waals surface area contributed by atoms with Gasteiger partial charge in [0.15, 0.2) is 0 Å². The Morgan fingerprint density at radius 2 is 1.65 bits per heavy atom. The summed E-state index contributed by atoms with van der Waals surface area (Å²) in [6.07, 6.45) is 2.47. The number of benzene rings is 3. The van der Waals surface area contributed by atoms with Crippen LogP contribution in [0.2, 0.25) is 0 Å². The molecule has 0 bridgehead atoms. The summed E-state index contributed by atoms with van der Waals surface area (Å²) in [5, 5.41) is 1.93. The van der Waals surface area contributed by atoms with Crippen molar-refractivity contribution in [3.8, 4) is 0 Å². The lowest BCUT2D eigenvalue weighted by molar-refractivity contribution is -0.127. The molecule has 202 valence electrons. The van der Waals surface area contributed by atoms with Gasteiger partial charge in [0.2, 0.25) is 0 Å². The van der Waals surface area contributed by atoms with Crippen LogP contribution in [-0.4, -0.2) is 38.2 Å². The fraction of sp³-hybridized carbons (Fsp3) is 0.219. The van der Waals surface area contributed by atoms with Gasteiger partial charge in [-0.2, -0.15) is 0 Å². The van der Waals surface area contributed by atoms with Crippen LogP contribution in [-0.2, 0) is 11.8 Å². The molecule has 1 aliphatic rings. The maximum absolute atomic E-state index is 14.0. The van der Waals surface area contributed by atoms with Crippen molar-refractivity contribution in [3.05, 3.63) is 107 Å². The second-order valence-electron chi connectivity index (χ2n) is 10.8. The van der Waals surface area contributed by atoms with Crippen molar-refractivity contribution in [1.82, 2.24) is 25.3 Å². The van der Waals surface area contributed by atoms with Crippen molar-refractivity contribution in [2.45, 2.75) is 32.4 Å². The Bertz CT molecular complexity index is 1730. The first-order valence-corrected chi connectivity index (χ1v) is 13.5. The highest BCUT2D eigenvalue weighted by molar-refractivity contribution is 6.04. The summed E-state index contributed by atoms with van der Waals surface area (Å²) in [6.45, 7) is 4.04. The first kappa shape index (κ1) is 25.4. The van der Waals surface area contributed by atoms with Crippen LogP contribution in [0.15, 0.2) is 85.1 Å². The van der Waals surface area contributed by atoms with Gasteiger partial charge < -0.3 is 14.5 Å². The van der Waals surface area contributed by atoms with E-state index in [9.17, 15) is 14.4 Å². The molecule has 2 aromatic heterocycles. The highest BCUT2D eigenvalue weighted by Gasteiger charge is 2.45. The van der Waals surface area contributed by atoms with Crippen LogP contribution >= 0.6 is 0 Å². The zero-order valence-electron chi connectivity index (χ0n) is 22.6. The summed E-state index contributed by atoms with van der Waals surface area (Å²) in [4.78, 5) is 45.4. The summed E-state index contributed by atoms with van der Waals surface area (Å²) in [7, 11) is 1.98. The Balaban J connectivity index is 1.34. The molecule has 5 aromatic rings. The molecule has 0 spiro atoms. The standard InChI is InChI=1S/C32H31N5O3/c1-19(2)16-28(31(39)35-34-30(38)26-17-20-10-4-8-14-25(20)33-26)37-29(22-12-5-6-13-23(22)32(37)40)24-18-36(3)27-15-9-7-11-21(24)27/h4-15,17-19,28-29,33H,16H2,1-3H3,(H,34,38)(H,35,39). The van der Waals surface area contributed by atoms with Crippen molar-refractivity contribution in [2.75, 3.05) is 0 Å². The molecule has 0 aliphatic carbocycles. The minimum absolute atomic E-state index is 0.116. The van der Waals surface area contributed by atoms with E-state index in [1.54, 1.807) is 11.0 Å². The minimum atomic E-state index is -0.813. The van der Waals surface area contributed by atoms with Gasteiger partial charge in [-0.15, -0.1) is 0 Å². The summed E-state index contributed by atoms with van der Waals surface area (Å²) >= 11 is 0. The predicted octanol–water partition coefficient (Wildman–Crippen LogP) is 5.08. The number of hydrazine groups is 1. The number of aryl methyl sites for hydroxylation is 1. The Hall–Kier alpha value is -4.85. The van der Waals surface area contributed by atoms with Gasteiger partial charge in [0.1, 0.15) is 11.7 Å². The molecule has 6 rings (SSSR count). The van der Waals surface area contributed by atoms with Crippen LogP contribution < -0.4 is 10.9 Å². The van der Waals surface area contributed by atoms with Crippen LogP contribution in [0.1, 0.15) is 58.3 Å². The van der Waals surface area contributed by atoms with E-state index in [4.69, 9.17) is 0 Å². The number of H-pyrrole nitrogens is 1. The number of aromatic amines is 1. The second kappa shape index (κ2) is 10.0. The molecule has 1 aliphatic heterocycles. The van der Waals surface area contributed by atoms with Crippen LogP contribution in [0.5, 0.6) is 0 Å². The highest BCUT2D eigenvalue weighted by atomic mass is 16.2. The molecule has 0 saturated heterocycles. The number of carbonyl (C=O) groups excluding carboxylic acids is 3. The van der Waals surface area contributed by atoms with Crippen molar-refractivity contribution < 1.29 is 14.4 Å². The predicted molar refractivity (Wildman–Crippen MR) is 155 cm³/mol. The molecule has 3 heterocycles. The fourth-order valence-corrected chi connectivity index (χ4v) is 5.82. The molecule has 8 heteroatoms. The third-order valence-corrected chi connectivity index (χ3v) is 7.63. The molecule has 0 fully saturated rings. The smallest absolute Gasteiger partial charge is 0.286 e. The van der Waals surface area contributed by atoms with E-state index in [0.29, 0.717) is 17.7 Å². The Kier molecular flexibility index (Phi) is 6.38. The number of fused-ring (bicyclic) bond motifs is 3. The molecule has 2 atom stereocenters. The van der Waals surface area contributed by atoms with Gasteiger partial charge in [-0.3, -0.25) is 25.2 Å². The Morgan fingerprint density at radius 3 is 2.45 bits per heavy atom. The van der Waals surface area contributed by atoms with Gasteiger partial charge >= 0.3 is 0 Å². The van der Waals surface area contributed by atoms with Gasteiger partial charge in [-0.05, 0) is 42.2 Å². The molecule has 3 amide bonds. The zero-order chi connectivity index (χ0) is 28.0. The van der Waals surface area contributed by atoms with Crippen molar-refractivity contribution >= 4 is 39.5 Å². The van der Waals surface area contributed by atoms with Crippen LogP contribution in [0, 0.1) is 5.92 Å². The maximum atomic E-state index is 14.0. The van der Waals surface area contributed by atoms with E-state index in [1.807, 2.05) is 104 Å². The van der Waals surface area contributed by atoms with E-state index < -0.39 is 23.9 Å². The molecule has 40 heavy (non-hydrogen) atoms. The summed E-state index contributed by atoms with van der Waals surface area (Å²) in [6, 6.07) is 23.7. The maximum Gasteiger partial charge on any atom is 0.286 e. The third kappa shape index (κ3) is 4.31. The average molecular weight is 534 g/mol. The number of nitrogens with zero attached hydrogens (tertiary/aromatic N) is 2. The largest absolute Gasteiger partial charge is 0.350 e. The lowest BCUT2D eigenvalue weighted by Crippen LogP contribution is -2.53. The molecule has 8 nitrogen and oxygen atoms in total. The van der Waals surface area contributed by atoms with Crippen LogP contribution in [0.25, 0.3) is 21.8 Å². The first-order valence-electron chi connectivity index (χ1n) is 13.5. The number of hydrogen-bond acceptors (Lipinski definition) is 3. The Labute approximate surface area is 231 Å². The number of nitrogens with one attached hydrogen (secondary N) is 3.